The third-order valence-electron chi connectivity index (χ3n) is 13.2. The van der Waals surface area contributed by atoms with Crippen LogP contribution in [0.5, 0.6) is 0 Å². The summed E-state index contributed by atoms with van der Waals surface area (Å²) in [6, 6.07) is 64.6. The molecule has 0 aliphatic carbocycles. The van der Waals surface area contributed by atoms with E-state index in [1.54, 1.807) is 24.3 Å². The molecule has 0 saturated heterocycles. The summed E-state index contributed by atoms with van der Waals surface area (Å²) >= 11 is 0. The number of esters is 2. The van der Waals surface area contributed by atoms with Gasteiger partial charge in [0.1, 0.15) is 11.2 Å². The second-order valence-corrected chi connectivity index (χ2v) is 22.6. The Morgan fingerprint density at radius 1 is 0.443 bits per heavy atom. The first-order chi connectivity index (χ1) is 37.1. The minimum Gasteiger partial charge on any atom is -0.453 e. The Hall–Kier alpha value is -7.08. The van der Waals surface area contributed by atoms with Gasteiger partial charge < -0.3 is 24.7 Å². The van der Waals surface area contributed by atoms with Gasteiger partial charge in [-0.1, -0.05) is 210 Å². The van der Waals surface area contributed by atoms with Gasteiger partial charge in [-0.15, -0.1) is 0 Å². The zero-order chi connectivity index (χ0) is 56.9. The van der Waals surface area contributed by atoms with Crippen LogP contribution in [0.2, 0.25) is 0 Å². The second-order valence-electron chi connectivity index (χ2n) is 19.8. The Morgan fingerprint density at radius 2 is 0.722 bits per heavy atom. The molecule has 15 heteroatoms. The van der Waals surface area contributed by atoms with Gasteiger partial charge >= 0.3 is 11.9 Å². The average molecular weight is 1110 g/mol. The fourth-order valence-corrected chi connectivity index (χ4v) is 10.4. The van der Waals surface area contributed by atoms with Crippen molar-refractivity contribution in [1.82, 2.24) is 9.80 Å². The zero-order valence-electron chi connectivity index (χ0n) is 46.4. The van der Waals surface area contributed by atoms with Gasteiger partial charge in [-0.05, 0) is 96.3 Å². The van der Waals surface area contributed by atoms with Crippen LogP contribution < -0.4 is 0 Å². The summed E-state index contributed by atoms with van der Waals surface area (Å²) < 4.78 is 73.3. The van der Waals surface area contributed by atoms with Crippen LogP contribution in [-0.2, 0) is 63.3 Å². The normalized spacial score (nSPS) is 13.5. The highest BCUT2D eigenvalue weighted by molar-refractivity contribution is 7.86. The van der Waals surface area contributed by atoms with Crippen LogP contribution in [0, 0.1) is 11.8 Å². The number of rotatable bonds is 18. The third-order valence-corrected chi connectivity index (χ3v) is 14.9. The minimum absolute atomic E-state index is 0. The minimum atomic E-state index is -4.09. The molecule has 0 spiro atoms. The quantitative estimate of drug-likeness (QED) is 0.0609. The van der Waals surface area contributed by atoms with Crippen molar-refractivity contribution >= 4 is 53.7 Å². The Labute approximate surface area is 467 Å². The number of carbonyl (C=O) groups excluding carboxylic acids is 2. The molecule has 79 heavy (non-hydrogen) atoms. The van der Waals surface area contributed by atoms with Crippen LogP contribution in [0.15, 0.2) is 216 Å². The standard InChI is InChI=1S/2C22H29NO2.2C10H8O3S.H2O/c2*1-5-21(24)25-22(18(2)17-23(3)4,20-14-10-7-11-15-20)16-19-12-8-6-9-13-19;2*11-14(12,13)10-6-5-8-3-1-2-4-9(8)7-10;/h2*6-15,18H,5,16-17H2,1-4H3;2*1-7H,(H,11,12,13);1H2/t2*18-,22+;;;/m11.../s1. The molecule has 0 radical (unpaired) electrons. The molecule has 13 nitrogen and oxygen atoms in total. The number of carbonyl (C=O) groups is 2. The summed E-state index contributed by atoms with van der Waals surface area (Å²) in [7, 11) is 0.0194. The highest BCUT2D eigenvalue weighted by Crippen LogP contribution is 2.40. The molecule has 0 fully saturated rings. The molecule has 420 valence electrons. The van der Waals surface area contributed by atoms with E-state index in [1.807, 2.05) is 123 Å². The Balaban J connectivity index is 0.000000234. The molecule has 0 aliphatic heterocycles. The van der Waals surface area contributed by atoms with E-state index >= 15 is 0 Å². The van der Waals surface area contributed by atoms with Gasteiger partial charge in [0.05, 0.1) is 9.79 Å². The van der Waals surface area contributed by atoms with Crippen molar-refractivity contribution in [2.75, 3.05) is 41.3 Å². The van der Waals surface area contributed by atoms with Gasteiger partial charge in [0.15, 0.2) is 0 Å². The van der Waals surface area contributed by atoms with Crippen molar-refractivity contribution in [2.45, 2.75) is 74.4 Å². The molecule has 4 N–H and O–H groups in total. The average Bonchev–Trinajstić information content (AvgIpc) is 3.52. The molecule has 8 aromatic carbocycles. The predicted molar refractivity (Wildman–Crippen MR) is 316 cm³/mol. The van der Waals surface area contributed by atoms with E-state index in [9.17, 15) is 26.4 Å². The van der Waals surface area contributed by atoms with Gasteiger partial charge in [-0.2, -0.15) is 16.8 Å². The summed E-state index contributed by atoms with van der Waals surface area (Å²) in [5.41, 5.74) is 3.08. The van der Waals surface area contributed by atoms with Crippen LogP contribution in [0.1, 0.15) is 62.8 Å². The van der Waals surface area contributed by atoms with Gasteiger partial charge in [0.2, 0.25) is 0 Å². The Kier molecular flexibility index (Phi) is 24.7. The molecule has 0 heterocycles. The van der Waals surface area contributed by atoms with E-state index in [2.05, 4.69) is 100 Å². The maximum absolute atomic E-state index is 12.3. The molecule has 4 atom stereocenters. The topological polar surface area (TPSA) is 199 Å². The lowest BCUT2D eigenvalue weighted by molar-refractivity contribution is -0.169. The van der Waals surface area contributed by atoms with E-state index in [0.29, 0.717) is 25.7 Å². The van der Waals surface area contributed by atoms with Crippen molar-refractivity contribution in [3.05, 3.63) is 229 Å². The van der Waals surface area contributed by atoms with Crippen LogP contribution in [0.25, 0.3) is 21.5 Å². The summed E-state index contributed by atoms with van der Waals surface area (Å²) in [5, 5.41) is 3.48. The number of fused-ring (bicyclic) bond motifs is 2. The molecule has 0 amide bonds. The van der Waals surface area contributed by atoms with Crippen molar-refractivity contribution in [1.29, 1.82) is 0 Å². The number of hydrogen-bond acceptors (Lipinski definition) is 10. The molecule has 0 aliphatic rings. The molecule has 0 unspecified atom stereocenters. The molecule has 8 aromatic rings. The first kappa shape index (κ1) is 64.4. The third kappa shape index (κ3) is 19.1. The zero-order valence-corrected chi connectivity index (χ0v) is 48.0. The fourth-order valence-electron chi connectivity index (χ4n) is 9.35. The van der Waals surface area contributed by atoms with Gasteiger partial charge in [-0.25, -0.2) is 0 Å². The van der Waals surface area contributed by atoms with Crippen molar-refractivity contribution < 1.29 is 50.5 Å². The van der Waals surface area contributed by atoms with E-state index in [1.165, 1.54) is 35.4 Å². The highest BCUT2D eigenvalue weighted by Gasteiger charge is 2.43. The maximum Gasteiger partial charge on any atom is 0.306 e. The molecular formula is C64H76N2O11S2. The monoisotopic (exact) mass is 1110 g/mol. The smallest absolute Gasteiger partial charge is 0.306 e. The largest absolute Gasteiger partial charge is 0.453 e. The Morgan fingerprint density at radius 3 is 1.00 bits per heavy atom. The van der Waals surface area contributed by atoms with E-state index in [0.717, 1.165) is 45.8 Å². The lowest BCUT2D eigenvalue weighted by atomic mass is 9.77. The number of hydrogen-bond donors (Lipinski definition) is 2. The lowest BCUT2D eigenvalue weighted by Crippen LogP contribution is -2.44. The van der Waals surface area contributed by atoms with Gasteiger partial charge in [0, 0.05) is 50.6 Å². The fraction of sp³-hybridized carbons (Fsp3) is 0.281. The van der Waals surface area contributed by atoms with E-state index < -0.39 is 31.4 Å². The predicted octanol–water partition coefficient (Wildman–Crippen LogP) is 11.9. The first-order valence-electron chi connectivity index (χ1n) is 25.9. The van der Waals surface area contributed by atoms with Crippen molar-refractivity contribution in [3.63, 3.8) is 0 Å². The first-order valence-corrected chi connectivity index (χ1v) is 28.8. The highest BCUT2D eigenvalue weighted by atomic mass is 32.2. The van der Waals surface area contributed by atoms with Crippen molar-refractivity contribution in [2.24, 2.45) is 11.8 Å². The summed E-state index contributed by atoms with van der Waals surface area (Å²) in [5.74, 6) is -0.0445. The van der Waals surface area contributed by atoms with E-state index in [-0.39, 0.29) is 39.0 Å². The van der Waals surface area contributed by atoms with Crippen LogP contribution in [-0.4, -0.2) is 94.4 Å². The van der Waals surface area contributed by atoms with Crippen LogP contribution >= 0.6 is 0 Å². The molecule has 0 bridgehead atoms. The number of ether oxygens (including phenoxy) is 2. The van der Waals surface area contributed by atoms with Crippen LogP contribution in [0.4, 0.5) is 0 Å². The van der Waals surface area contributed by atoms with Gasteiger partial charge in [-0.3, -0.25) is 18.7 Å². The molecular weight excluding hydrogens is 1040 g/mol. The maximum atomic E-state index is 12.3. The molecule has 0 aromatic heterocycles. The molecule has 8 rings (SSSR count). The second kappa shape index (κ2) is 30.3. The number of nitrogens with zero attached hydrogens (tertiary/aromatic N) is 2. The summed E-state index contributed by atoms with van der Waals surface area (Å²) in [4.78, 5) is 28.8. The SMILES string of the molecule is CCC(=O)O[C@](Cc1ccccc1)(c1ccccc1)[C@H](C)CN(C)C.CCC(=O)O[C@](Cc1ccccc1)(c1ccccc1)[C@H](C)CN(C)C.O.O=S(=O)(O)c1ccc2ccccc2c1.O=S(=O)(O)c1ccc2ccccc2c1. The van der Waals surface area contributed by atoms with Crippen molar-refractivity contribution in [3.8, 4) is 0 Å². The van der Waals surface area contributed by atoms with Gasteiger partial charge in [0.25, 0.3) is 20.2 Å². The summed E-state index contributed by atoms with van der Waals surface area (Å²) in [6.07, 6.45) is 2.08. The molecule has 0 saturated carbocycles. The van der Waals surface area contributed by atoms with Crippen LogP contribution in [0.3, 0.4) is 0 Å². The van der Waals surface area contributed by atoms with E-state index in [4.69, 9.17) is 18.6 Å². The lowest BCUT2D eigenvalue weighted by Gasteiger charge is -2.40. The number of benzene rings is 8. The Bertz CT molecular complexity index is 3140. The summed E-state index contributed by atoms with van der Waals surface area (Å²) in [6.45, 7) is 9.68.